The van der Waals surface area contributed by atoms with Crippen molar-refractivity contribution in [3.8, 4) is 22.8 Å². The summed E-state index contributed by atoms with van der Waals surface area (Å²) < 4.78 is 10.7. The van der Waals surface area contributed by atoms with Crippen LogP contribution in [0.5, 0.6) is 11.5 Å². The normalized spacial score (nSPS) is 11.6. The molecule has 0 bridgehead atoms. The zero-order chi connectivity index (χ0) is 19.9. The zero-order valence-corrected chi connectivity index (χ0v) is 16.6. The fraction of sp³-hybridized carbons (Fsp3) is 0.286. The van der Waals surface area contributed by atoms with Crippen LogP contribution in [0.25, 0.3) is 11.3 Å². The van der Waals surface area contributed by atoms with Gasteiger partial charge in [0.1, 0.15) is 17.3 Å². The standard InChI is InChI=1S/C21H25N5O2/c1-5-14(2)23-21-25-19(15-6-8-22-9-7-15)13-20(26-21)24-16-10-17(27-3)12-18(11-16)28-4/h6-14H,5H2,1-4H3,(H2,23,24,25,26)/t14-/m0/s1. The molecule has 0 aliphatic heterocycles. The first-order valence-electron chi connectivity index (χ1n) is 9.17. The van der Waals surface area contributed by atoms with Crippen LogP contribution < -0.4 is 20.1 Å². The number of nitrogens with zero attached hydrogens (tertiary/aromatic N) is 3. The molecule has 0 saturated heterocycles. The van der Waals surface area contributed by atoms with Crippen molar-refractivity contribution in [3.05, 3.63) is 48.8 Å². The van der Waals surface area contributed by atoms with Gasteiger partial charge in [-0.3, -0.25) is 4.98 Å². The Morgan fingerprint density at radius 3 is 2.25 bits per heavy atom. The predicted octanol–water partition coefficient (Wildman–Crippen LogP) is 4.51. The Morgan fingerprint density at radius 1 is 0.964 bits per heavy atom. The van der Waals surface area contributed by atoms with E-state index in [2.05, 4.69) is 39.4 Å². The van der Waals surface area contributed by atoms with E-state index in [1.807, 2.05) is 36.4 Å². The number of anilines is 3. The summed E-state index contributed by atoms with van der Waals surface area (Å²) in [7, 11) is 3.25. The minimum Gasteiger partial charge on any atom is -0.497 e. The molecular formula is C21H25N5O2. The molecule has 0 amide bonds. The van der Waals surface area contributed by atoms with Gasteiger partial charge in [-0.15, -0.1) is 0 Å². The van der Waals surface area contributed by atoms with Gasteiger partial charge in [0.25, 0.3) is 0 Å². The molecule has 3 rings (SSSR count). The highest BCUT2D eigenvalue weighted by Gasteiger charge is 2.10. The van der Waals surface area contributed by atoms with Gasteiger partial charge in [-0.05, 0) is 25.5 Å². The Balaban J connectivity index is 1.98. The molecule has 2 N–H and O–H groups in total. The monoisotopic (exact) mass is 379 g/mol. The van der Waals surface area contributed by atoms with Gasteiger partial charge in [-0.25, -0.2) is 4.98 Å². The third-order valence-electron chi connectivity index (χ3n) is 4.31. The highest BCUT2D eigenvalue weighted by molar-refractivity contribution is 5.68. The average molecular weight is 379 g/mol. The van der Waals surface area contributed by atoms with E-state index in [9.17, 15) is 0 Å². The molecule has 0 unspecified atom stereocenters. The second-order valence-electron chi connectivity index (χ2n) is 6.38. The maximum atomic E-state index is 5.35. The number of ether oxygens (including phenoxy) is 2. The van der Waals surface area contributed by atoms with Gasteiger partial charge >= 0.3 is 0 Å². The molecule has 1 aromatic carbocycles. The summed E-state index contributed by atoms with van der Waals surface area (Å²) in [6.45, 7) is 4.22. The molecule has 0 aliphatic rings. The van der Waals surface area contributed by atoms with Crippen molar-refractivity contribution in [2.75, 3.05) is 24.9 Å². The summed E-state index contributed by atoms with van der Waals surface area (Å²) in [5.41, 5.74) is 2.58. The first-order valence-corrected chi connectivity index (χ1v) is 9.17. The van der Waals surface area contributed by atoms with E-state index in [4.69, 9.17) is 9.47 Å². The largest absolute Gasteiger partial charge is 0.497 e. The topological polar surface area (TPSA) is 81.2 Å². The Kier molecular flexibility index (Phi) is 6.26. The van der Waals surface area contributed by atoms with Crippen LogP contribution in [0.15, 0.2) is 48.8 Å². The molecule has 2 aromatic heterocycles. The van der Waals surface area contributed by atoms with Crippen LogP contribution in [0.2, 0.25) is 0 Å². The van der Waals surface area contributed by atoms with Crippen molar-refractivity contribution in [1.82, 2.24) is 15.0 Å². The highest BCUT2D eigenvalue weighted by Crippen LogP contribution is 2.29. The number of benzene rings is 1. The van der Waals surface area contributed by atoms with Gasteiger partial charge in [0.2, 0.25) is 5.95 Å². The molecule has 28 heavy (non-hydrogen) atoms. The maximum absolute atomic E-state index is 5.35. The van der Waals surface area contributed by atoms with Crippen LogP contribution in [0.3, 0.4) is 0 Å². The summed E-state index contributed by atoms with van der Waals surface area (Å²) in [5, 5.41) is 6.67. The minimum absolute atomic E-state index is 0.262. The van der Waals surface area contributed by atoms with Crippen LogP contribution in [-0.2, 0) is 0 Å². The van der Waals surface area contributed by atoms with E-state index < -0.39 is 0 Å². The quantitative estimate of drug-likeness (QED) is 0.596. The number of hydrogen-bond donors (Lipinski definition) is 2. The minimum atomic E-state index is 0.262. The van der Waals surface area contributed by atoms with Gasteiger partial charge in [0.05, 0.1) is 19.9 Å². The fourth-order valence-corrected chi connectivity index (χ4v) is 2.60. The lowest BCUT2D eigenvalue weighted by Crippen LogP contribution is -2.16. The fourth-order valence-electron chi connectivity index (χ4n) is 2.60. The number of hydrogen-bond acceptors (Lipinski definition) is 7. The van der Waals surface area contributed by atoms with Gasteiger partial charge < -0.3 is 20.1 Å². The molecule has 0 fully saturated rings. The number of rotatable bonds is 8. The number of pyridine rings is 1. The maximum Gasteiger partial charge on any atom is 0.225 e. The van der Waals surface area contributed by atoms with Crippen LogP contribution in [0.4, 0.5) is 17.5 Å². The molecule has 7 heteroatoms. The van der Waals surface area contributed by atoms with E-state index in [0.717, 1.165) is 23.4 Å². The molecule has 0 spiro atoms. The Morgan fingerprint density at radius 2 is 1.64 bits per heavy atom. The first-order chi connectivity index (χ1) is 13.6. The number of nitrogens with one attached hydrogen (secondary N) is 2. The predicted molar refractivity (Wildman–Crippen MR) is 111 cm³/mol. The van der Waals surface area contributed by atoms with Crippen LogP contribution in [0.1, 0.15) is 20.3 Å². The summed E-state index contributed by atoms with van der Waals surface area (Å²) in [6.07, 6.45) is 4.47. The van der Waals surface area contributed by atoms with Crippen molar-refractivity contribution in [2.24, 2.45) is 0 Å². The lowest BCUT2D eigenvalue weighted by molar-refractivity contribution is 0.395. The van der Waals surface area contributed by atoms with Crippen LogP contribution in [0, 0.1) is 0 Å². The lowest BCUT2D eigenvalue weighted by Gasteiger charge is -2.15. The SMILES string of the molecule is CC[C@H](C)Nc1nc(Nc2cc(OC)cc(OC)c2)cc(-c2ccncc2)n1. The molecule has 3 aromatic rings. The number of aromatic nitrogens is 3. The Bertz CT molecular complexity index is 896. The first kappa shape index (κ1) is 19.4. The third-order valence-corrected chi connectivity index (χ3v) is 4.31. The van der Waals surface area contributed by atoms with Gasteiger partial charge in [0.15, 0.2) is 0 Å². The molecule has 0 radical (unpaired) electrons. The highest BCUT2D eigenvalue weighted by atomic mass is 16.5. The van der Waals surface area contributed by atoms with Gasteiger partial charge in [-0.1, -0.05) is 6.92 Å². The zero-order valence-electron chi connectivity index (χ0n) is 16.6. The molecule has 1 atom stereocenters. The van der Waals surface area contributed by atoms with E-state index in [0.29, 0.717) is 23.3 Å². The third kappa shape index (κ3) is 4.88. The van der Waals surface area contributed by atoms with Crippen LogP contribution >= 0.6 is 0 Å². The second kappa shape index (κ2) is 9.03. The van der Waals surface area contributed by atoms with Crippen molar-refractivity contribution in [3.63, 3.8) is 0 Å². The smallest absolute Gasteiger partial charge is 0.225 e. The molecule has 2 heterocycles. The van der Waals surface area contributed by atoms with Crippen LogP contribution in [-0.4, -0.2) is 35.2 Å². The Labute approximate surface area is 165 Å². The molecule has 146 valence electrons. The summed E-state index contributed by atoms with van der Waals surface area (Å²) in [6, 6.07) is 11.6. The molecule has 0 aliphatic carbocycles. The van der Waals surface area contributed by atoms with Crippen molar-refractivity contribution in [2.45, 2.75) is 26.3 Å². The van der Waals surface area contributed by atoms with Gasteiger partial charge in [0, 0.05) is 54.0 Å². The Hall–Kier alpha value is -3.35. The van der Waals surface area contributed by atoms with E-state index in [1.54, 1.807) is 26.6 Å². The number of methoxy groups -OCH3 is 2. The average Bonchev–Trinajstić information content (AvgIpc) is 2.73. The molecular weight excluding hydrogens is 354 g/mol. The summed E-state index contributed by atoms with van der Waals surface area (Å²) in [4.78, 5) is 13.4. The summed E-state index contributed by atoms with van der Waals surface area (Å²) >= 11 is 0. The second-order valence-corrected chi connectivity index (χ2v) is 6.38. The van der Waals surface area contributed by atoms with Crippen molar-refractivity contribution >= 4 is 17.5 Å². The lowest BCUT2D eigenvalue weighted by atomic mass is 10.2. The summed E-state index contributed by atoms with van der Waals surface area (Å²) in [5.74, 6) is 2.63. The van der Waals surface area contributed by atoms with Crippen molar-refractivity contribution < 1.29 is 9.47 Å². The van der Waals surface area contributed by atoms with E-state index in [1.165, 1.54) is 0 Å². The molecule has 7 nitrogen and oxygen atoms in total. The van der Waals surface area contributed by atoms with Gasteiger partial charge in [-0.2, -0.15) is 4.98 Å². The van der Waals surface area contributed by atoms with E-state index in [-0.39, 0.29) is 6.04 Å². The van der Waals surface area contributed by atoms with Crippen molar-refractivity contribution in [1.29, 1.82) is 0 Å². The molecule has 0 saturated carbocycles. The van der Waals surface area contributed by atoms with E-state index >= 15 is 0 Å².